The van der Waals surface area contributed by atoms with Crippen molar-refractivity contribution in [1.82, 2.24) is 5.32 Å². The Morgan fingerprint density at radius 1 is 1.16 bits per heavy atom. The molecule has 0 radical (unpaired) electrons. The van der Waals surface area contributed by atoms with Gasteiger partial charge in [0.15, 0.2) is 0 Å². The molecule has 0 atom stereocenters. The molecule has 98 valence electrons. The first kappa shape index (κ1) is 12.4. The van der Waals surface area contributed by atoms with Crippen LogP contribution in [0.3, 0.4) is 0 Å². The fraction of sp³-hybridized carbons (Fsp3) is 0.294. The third-order valence-electron chi connectivity index (χ3n) is 3.87. The van der Waals surface area contributed by atoms with Crippen molar-refractivity contribution in [3.63, 3.8) is 0 Å². The molecule has 0 aliphatic carbocycles. The van der Waals surface area contributed by atoms with Crippen molar-refractivity contribution in [3.05, 3.63) is 58.7 Å². The summed E-state index contributed by atoms with van der Waals surface area (Å²) in [4.78, 5) is 0. The molecule has 0 saturated carbocycles. The van der Waals surface area contributed by atoms with Crippen molar-refractivity contribution >= 4 is 0 Å². The standard InChI is InChI=1S/C17H19NO/c1-12-5-6-15(14(9-12)11-19)16-4-2-3-13-7-8-18-10-17(13)16/h2-6,9,18-19H,7-8,10-11H2,1H3. The van der Waals surface area contributed by atoms with Crippen LogP contribution in [0.25, 0.3) is 11.1 Å². The number of fused-ring (bicyclic) bond motifs is 1. The average Bonchev–Trinajstić information content (AvgIpc) is 2.46. The molecule has 0 aromatic heterocycles. The monoisotopic (exact) mass is 253 g/mol. The lowest BCUT2D eigenvalue weighted by molar-refractivity contribution is 0.282. The van der Waals surface area contributed by atoms with E-state index in [1.165, 1.54) is 22.3 Å². The lowest BCUT2D eigenvalue weighted by Crippen LogP contribution is -2.24. The van der Waals surface area contributed by atoms with Gasteiger partial charge in [-0.3, -0.25) is 0 Å². The first-order valence-corrected chi connectivity index (χ1v) is 6.82. The fourth-order valence-electron chi connectivity index (χ4n) is 2.88. The number of aliphatic hydroxyl groups excluding tert-OH is 1. The van der Waals surface area contributed by atoms with Crippen LogP contribution in [0.1, 0.15) is 22.3 Å². The van der Waals surface area contributed by atoms with Gasteiger partial charge in [0.1, 0.15) is 0 Å². The number of benzene rings is 2. The maximum atomic E-state index is 9.59. The van der Waals surface area contributed by atoms with Crippen LogP contribution < -0.4 is 5.32 Å². The molecule has 2 aromatic rings. The van der Waals surface area contributed by atoms with Gasteiger partial charge in [0.2, 0.25) is 0 Å². The molecule has 3 rings (SSSR count). The van der Waals surface area contributed by atoms with Crippen molar-refractivity contribution in [3.8, 4) is 11.1 Å². The summed E-state index contributed by atoms with van der Waals surface area (Å²) in [6, 6.07) is 12.8. The Kier molecular flexibility index (Phi) is 3.36. The van der Waals surface area contributed by atoms with E-state index in [1.807, 2.05) is 0 Å². The normalized spacial score (nSPS) is 14.2. The Balaban J connectivity index is 2.17. The van der Waals surface area contributed by atoms with E-state index in [-0.39, 0.29) is 6.61 Å². The summed E-state index contributed by atoms with van der Waals surface area (Å²) >= 11 is 0. The van der Waals surface area contributed by atoms with Gasteiger partial charge in [-0.1, -0.05) is 42.0 Å². The summed E-state index contributed by atoms with van der Waals surface area (Å²) < 4.78 is 0. The Bertz CT molecular complexity index is 604. The van der Waals surface area contributed by atoms with Crippen LogP contribution in [-0.2, 0) is 19.6 Å². The van der Waals surface area contributed by atoms with Gasteiger partial charge in [-0.2, -0.15) is 0 Å². The van der Waals surface area contributed by atoms with Crippen LogP contribution in [-0.4, -0.2) is 11.7 Å². The predicted octanol–water partition coefficient (Wildman–Crippen LogP) is 2.80. The van der Waals surface area contributed by atoms with E-state index in [0.717, 1.165) is 30.6 Å². The van der Waals surface area contributed by atoms with Crippen LogP contribution in [0.5, 0.6) is 0 Å². The third-order valence-corrected chi connectivity index (χ3v) is 3.87. The average molecular weight is 253 g/mol. The second kappa shape index (κ2) is 5.16. The Morgan fingerprint density at radius 3 is 2.89 bits per heavy atom. The minimum absolute atomic E-state index is 0.0914. The number of aryl methyl sites for hydroxylation is 1. The number of rotatable bonds is 2. The Labute approximate surface area is 114 Å². The highest BCUT2D eigenvalue weighted by atomic mass is 16.3. The maximum Gasteiger partial charge on any atom is 0.0687 e. The molecular weight excluding hydrogens is 234 g/mol. The molecular formula is C17H19NO. The zero-order valence-corrected chi connectivity index (χ0v) is 11.2. The molecule has 2 N–H and O–H groups in total. The molecule has 0 bridgehead atoms. The van der Waals surface area contributed by atoms with E-state index in [9.17, 15) is 5.11 Å². The first-order chi connectivity index (χ1) is 9.29. The van der Waals surface area contributed by atoms with Crippen LogP contribution in [0.4, 0.5) is 0 Å². The molecule has 0 unspecified atom stereocenters. The summed E-state index contributed by atoms with van der Waals surface area (Å²) in [5.74, 6) is 0. The van der Waals surface area contributed by atoms with E-state index in [1.54, 1.807) is 0 Å². The molecule has 2 nitrogen and oxygen atoms in total. The Hall–Kier alpha value is -1.64. The van der Waals surface area contributed by atoms with Gasteiger partial charge < -0.3 is 10.4 Å². The molecule has 19 heavy (non-hydrogen) atoms. The van der Waals surface area contributed by atoms with Crippen LogP contribution in [0.15, 0.2) is 36.4 Å². The minimum atomic E-state index is 0.0914. The van der Waals surface area contributed by atoms with Crippen molar-refractivity contribution in [2.75, 3.05) is 6.54 Å². The lowest BCUT2D eigenvalue weighted by atomic mass is 9.89. The zero-order valence-electron chi connectivity index (χ0n) is 11.2. The van der Waals surface area contributed by atoms with Crippen molar-refractivity contribution in [2.24, 2.45) is 0 Å². The van der Waals surface area contributed by atoms with Gasteiger partial charge in [-0.25, -0.2) is 0 Å². The number of hydrogen-bond acceptors (Lipinski definition) is 2. The third kappa shape index (κ3) is 2.29. The summed E-state index contributed by atoms with van der Waals surface area (Å²) in [6.45, 7) is 4.13. The van der Waals surface area contributed by atoms with E-state index in [4.69, 9.17) is 0 Å². The molecule has 2 aromatic carbocycles. The molecule has 2 heteroatoms. The quantitative estimate of drug-likeness (QED) is 0.862. The highest BCUT2D eigenvalue weighted by molar-refractivity contribution is 5.72. The van der Waals surface area contributed by atoms with E-state index >= 15 is 0 Å². The van der Waals surface area contributed by atoms with Crippen LogP contribution in [0.2, 0.25) is 0 Å². The second-order valence-corrected chi connectivity index (χ2v) is 5.19. The number of aliphatic hydroxyl groups is 1. The van der Waals surface area contributed by atoms with Gasteiger partial charge >= 0.3 is 0 Å². The molecule has 0 fully saturated rings. The molecule has 1 heterocycles. The highest BCUT2D eigenvalue weighted by Crippen LogP contribution is 2.31. The van der Waals surface area contributed by atoms with Gasteiger partial charge in [0, 0.05) is 6.54 Å². The van der Waals surface area contributed by atoms with Gasteiger partial charge in [0.25, 0.3) is 0 Å². The molecule has 0 amide bonds. The largest absolute Gasteiger partial charge is 0.392 e. The van der Waals surface area contributed by atoms with E-state index in [2.05, 4.69) is 48.6 Å². The topological polar surface area (TPSA) is 32.3 Å². The molecule has 1 aliphatic rings. The van der Waals surface area contributed by atoms with Crippen molar-refractivity contribution in [2.45, 2.75) is 26.5 Å². The van der Waals surface area contributed by atoms with Gasteiger partial charge in [-0.05, 0) is 47.7 Å². The van der Waals surface area contributed by atoms with E-state index < -0.39 is 0 Å². The zero-order chi connectivity index (χ0) is 13.2. The van der Waals surface area contributed by atoms with Crippen molar-refractivity contribution in [1.29, 1.82) is 0 Å². The molecule has 1 aliphatic heterocycles. The smallest absolute Gasteiger partial charge is 0.0687 e. The van der Waals surface area contributed by atoms with Crippen molar-refractivity contribution < 1.29 is 5.11 Å². The van der Waals surface area contributed by atoms with Gasteiger partial charge in [0.05, 0.1) is 6.61 Å². The number of hydrogen-bond donors (Lipinski definition) is 2. The summed E-state index contributed by atoms with van der Waals surface area (Å²) in [6.07, 6.45) is 1.09. The maximum absolute atomic E-state index is 9.59. The molecule has 0 spiro atoms. The Morgan fingerprint density at radius 2 is 2.05 bits per heavy atom. The van der Waals surface area contributed by atoms with Crippen LogP contribution >= 0.6 is 0 Å². The molecule has 0 saturated heterocycles. The lowest BCUT2D eigenvalue weighted by Gasteiger charge is -2.21. The fourth-order valence-corrected chi connectivity index (χ4v) is 2.88. The summed E-state index contributed by atoms with van der Waals surface area (Å²) in [5.41, 5.74) is 7.44. The second-order valence-electron chi connectivity index (χ2n) is 5.19. The predicted molar refractivity (Wildman–Crippen MR) is 77.9 cm³/mol. The van der Waals surface area contributed by atoms with Crippen LogP contribution in [0, 0.1) is 6.92 Å². The minimum Gasteiger partial charge on any atom is -0.392 e. The SMILES string of the molecule is Cc1ccc(-c2cccc3c2CNCC3)c(CO)c1. The summed E-state index contributed by atoms with van der Waals surface area (Å²) in [7, 11) is 0. The van der Waals surface area contributed by atoms with Gasteiger partial charge in [-0.15, -0.1) is 0 Å². The first-order valence-electron chi connectivity index (χ1n) is 6.82. The highest BCUT2D eigenvalue weighted by Gasteiger charge is 2.15. The number of nitrogens with one attached hydrogen (secondary N) is 1. The summed E-state index contributed by atoms with van der Waals surface area (Å²) in [5, 5.41) is 13.0. The van der Waals surface area contributed by atoms with E-state index in [0.29, 0.717) is 0 Å².